The second-order valence-electron chi connectivity index (χ2n) is 6.45. The monoisotopic (exact) mass is 307 g/mol. The van der Waals surface area contributed by atoms with Crippen molar-refractivity contribution in [3.8, 4) is 22.4 Å². The van der Waals surface area contributed by atoms with E-state index in [9.17, 15) is 0 Å². The maximum absolute atomic E-state index is 5.08. The molecule has 0 saturated heterocycles. The van der Waals surface area contributed by atoms with Crippen LogP contribution in [-0.4, -0.2) is 4.98 Å². The first-order valence-electron chi connectivity index (χ1n) is 8.43. The van der Waals surface area contributed by atoms with Gasteiger partial charge in [0.2, 0.25) is 0 Å². The lowest BCUT2D eigenvalue weighted by Gasteiger charge is -2.17. The third kappa shape index (κ3) is 2.05. The van der Waals surface area contributed by atoms with Crippen molar-refractivity contribution < 1.29 is 0 Å². The topological polar surface area (TPSA) is 12.9 Å². The summed E-state index contributed by atoms with van der Waals surface area (Å²) in [6.45, 7) is 0. The van der Waals surface area contributed by atoms with Gasteiger partial charge in [-0.25, -0.2) is 0 Å². The molecule has 1 nitrogen and oxygen atoms in total. The van der Waals surface area contributed by atoms with E-state index in [-0.39, 0.29) is 0 Å². The molecule has 0 unspecified atom stereocenters. The molecule has 3 aliphatic carbocycles. The molecule has 2 bridgehead atoms. The van der Waals surface area contributed by atoms with Crippen molar-refractivity contribution in [2.45, 2.75) is 12.8 Å². The van der Waals surface area contributed by atoms with Gasteiger partial charge in [-0.2, -0.15) is 0 Å². The molecule has 5 rings (SSSR count). The van der Waals surface area contributed by atoms with Gasteiger partial charge < -0.3 is 0 Å². The summed E-state index contributed by atoms with van der Waals surface area (Å²) in [6.07, 6.45) is 10.8. The van der Waals surface area contributed by atoms with Crippen molar-refractivity contribution >= 4 is 5.57 Å². The Kier molecular flexibility index (Phi) is 2.99. The van der Waals surface area contributed by atoms with Crippen LogP contribution in [0, 0.1) is 0 Å². The van der Waals surface area contributed by atoms with E-state index in [1.807, 2.05) is 0 Å². The molecule has 114 valence electrons. The minimum Gasteiger partial charge on any atom is -0.251 e. The second-order valence-corrected chi connectivity index (χ2v) is 6.45. The lowest BCUT2D eigenvalue weighted by Crippen LogP contribution is -2.02. The summed E-state index contributed by atoms with van der Waals surface area (Å²) in [5.41, 5.74) is 10.2. The fraction of sp³-hybridized carbons (Fsp3) is 0.0870. The first-order chi connectivity index (χ1) is 11.9. The van der Waals surface area contributed by atoms with Gasteiger partial charge in [-0.1, -0.05) is 84.5 Å². The highest BCUT2D eigenvalue weighted by Crippen LogP contribution is 2.44. The van der Waals surface area contributed by atoms with Gasteiger partial charge in [0, 0.05) is 23.1 Å². The van der Waals surface area contributed by atoms with Crippen LogP contribution in [0.3, 0.4) is 0 Å². The lowest BCUT2D eigenvalue weighted by atomic mass is 9.86. The average molecular weight is 307 g/mol. The van der Waals surface area contributed by atoms with E-state index < -0.39 is 0 Å². The molecule has 0 aromatic heterocycles. The van der Waals surface area contributed by atoms with Gasteiger partial charge in [-0.15, -0.1) is 0 Å². The Balaban J connectivity index is 1.79. The molecule has 1 aromatic rings. The highest BCUT2D eigenvalue weighted by molar-refractivity contribution is 5.92. The molecule has 1 heterocycles. The highest BCUT2D eigenvalue weighted by Gasteiger charge is 2.27. The van der Waals surface area contributed by atoms with Crippen molar-refractivity contribution in [1.82, 2.24) is 4.98 Å². The van der Waals surface area contributed by atoms with E-state index in [0.29, 0.717) is 0 Å². The van der Waals surface area contributed by atoms with Gasteiger partial charge in [0.25, 0.3) is 0 Å². The van der Waals surface area contributed by atoms with E-state index in [1.54, 1.807) is 0 Å². The molecule has 0 atom stereocenters. The fourth-order valence-corrected chi connectivity index (χ4v) is 3.85. The maximum Gasteiger partial charge on any atom is 0.0790 e. The van der Waals surface area contributed by atoms with Gasteiger partial charge in [-0.3, -0.25) is 4.98 Å². The first-order valence-corrected chi connectivity index (χ1v) is 8.43. The van der Waals surface area contributed by atoms with Gasteiger partial charge >= 0.3 is 0 Å². The molecule has 0 radical (unpaired) electrons. The van der Waals surface area contributed by atoms with Crippen LogP contribution in [0.2, 0.25) is 0 Å². The van der Waals surface area contributed by atoms with Crippen molar-refractivity contribution in [2.24, 2.45) is 0 Å². The van der Waals surface area contributed by atoms with Gasteiger partial charge in [0.15, 0.2) is 0 Å². The van der Waals surface area contributed by atoms with E-state index in [1.165, 1.54) is 39.1 Å². The quantitative estimate of drug-likeness (QED) is 0.563. The van der Waals surface area contributed by atoms with Gasteiger partial charge in [-0.05, 0) is 17.6 Å². The molecule has 24 heavy (non-hydrogen) atoms. The van der Waals surface area contributed by atoms with Crippen LogP contribution in [0.25, 0.3) is 28.0 Å². The molecule has 0 spiro atoms. The second kappa shape index (κ2) is 5.31. The zero-order valence-corrected chi connectivity index (χ0v) is 13.4. The normalized spacial score (nSPS) is 15.5. The summed E-state index contributed by atoms with van der Waals surface area (Å²) in [5.74, 6) is 0. The van der Waals surface area contributed by atoms with Crippen molar-refractivity contribution in [3.05, 3.63) is 95.7 Å². The summed E-state index contributed by atoms with van der Waals surface area (Å²) < 4.78 is 0. The van der Waals surface area contributed by atoms with Crippen LogP contribution < -0.4 is 0 Å². The fourth-order valence-electron chi connectivity index (χ4n) is 3.85. The molecule has 1 aliphatic heterocycles. The van der Waals surface area contributed by atoms with E-state index in [4.69, 9.17) is 4.98 Å². The number of fused-ring (bicyclic) bond motifs is 6. The summed E-state index contributed by atoms with van der Waals surface area (Å²) in [6, 6.07) is 19.2. The number of hydrogen-bond acceptors (Lipinski definition) is 1. The lowest BCUT2D eigenvalue weighted by molar-refractivity contribution is 0.995. The molecule has 4 aliphatic rings. The Bertz CT molecular complexity index is 990. The third-order valence-electron chi connectivity index (χ3n) is 4.91. The van der Waals surface area contributed by atoms with Crippen LogP contribution in [0.5, 0.6) is 0 Å². The number of rotatable bonds is 1. The number of allylic oxidation sites excluding steroid dienone is 6. The zero-order chi connectivity index (χ0) is 15.9. The third-order valence-corrected chi connectivity index (χ3v) is 4.91. The molecule has 0 amide bonds. The van der Waals surface area contributed by atoms with Crippen molar-refractivity contribution in [2.75, 3.05) is 0 Å². The highest BCUT2D eigenvalue weighted by atomic mass is 14.8. The standard InChI is InChI=1S/C23H17N/c1-2-9-17(10-3-1)19-12-6-7-13-20-22-18-11-5-4-8-16(14-18)15-21(22)24-23(19)20/h1-13H,14-15H2. The van der Waals surface area contributed by atoms with Crippen LogP contribution in [0.1, 0.15) is 17.7 Å². The van der Waals surface area contributed by atoms with Crippen LogP contribution in [0.4, 0.5) is 0 Å². The van der Waals surface area contributed by atoms with Crippen molar-refractivity contribution in [3.63, 3.8) is 0 Å². The Morgan fingerprint density at radius 1 is 0.708 bits per heavy atom. The molecule has 0 N–H and O–H groups in total. The zero-order valence-electron chi connectivity index (χ0n) is 13.4. The van der Waals surface area contributed by atoms with Crippen LogP contribution in [0.15, 0.2) is 84.5 Å². The molecule has 0 fully saturated rings. The Hall–Kier alpha value is -2.93. The van der Waals surface area contributed by atoms with Crippen molar-refractivity contribution in [1.29, 1.82) is 0 Å². The smallest absolute Gasteiger partial charge is 0.0790 e. The molecule has 1 heteroatoms. The largest absolute Gasteiger partial charge is 0.251 e. The van der Waals surface area contributed by atoms with Gasteiger partial charge in [0.1, 0.15) is 0 Å². The maximum atomic E-state index is 5.08. The SMILES string of the molecule is C1=CC=C2CC(=C1)Cc1nc3c(-c4ccccc4)ccccc-3c12. The minimum absolute atomic E-state index is 0.962. The predicted molar refractivity (Wildman–Crippen MR) is 99.8 cm³/mol. The van der Waals surface area contributed by atoms with Gasteiger partial charge in [0.05, 0.1) is 11.4 Å². The molecular formula is C23H17N. The van der Waals surface area contributed by atoms with E-state index >= 15 is 0 Å². The first kappa shape index (κ1) is 13.5. The summed E-state index contributed by atoms with van der Waals surface area (Å²) >= 11 is 0. The van der Waals surface area contributed by atoms with Crippen LogP contribution in [-0.2, 0) is 6.42 Å². The predicted octanol–water partition coefficient (Wildman–Crippen LogP) is 5.68. The Morgan fingerprint density at radius 3 is 2.33 bits per heavy atom. The Morgan fingerprint density at radius 2 is 1.46 bits per heavy atom. The molecular weight excluding hydrogens is 290 g/mol. The summed E-state index contributed by atoms with van der Waals surface area (Å²) in [4.78, 5) is 5.08. The summed E-state index contributed by atoms with van der Waals surface area (Å²) in [7, 11) is 0. The number of nitrogens with zero attached hydrogens (tertiary/aromatic N) is 1. The average Bonchev–Trinajstić information content (AvgIpc) is 2.75. The van der Waals surface area contributed by atoms with Crippen LogP contribution >= 0.6 is 0 Å². The number of benzene rings is 1. The minimum atomic E-state index is 0.962. The Labute approximate surface area is 142 Å². The van der Waals surface area contributed by atoms with E-state index in [0.717, 1.165) is 18.5 Å². The number of aromatic nitrogens is 1. The van der Waals surface area contributed by atoms with E-state index in [2.05, 4.69) is 78.9 Å². The molecule has 1 aromatic carbocycles. The number of hydrogen-bond donors (Lipinski definition) is 0. The molecule has 0 saturated carbocycles. The summed E-state index contributed by atoms with van der Waals surface area (Å²) in [5, 5.41) is 0.